The van der Waals surface area contributed by atoms with E-state index in [9.17, 15) is 4.79 Å². The fraction of sp³-hybridized carbons (Fsp3) is 0.400. The summed E-state index contributed by atoms with van der Waals surface area (Å²) in [6.45, 7) is 3.47. The Kier molecular flexibility index (Phi) is 4.58. The van der Waals surface area contributed by atoms with Crippen molar-refractivity contribution in [2.45, 2.75) is 0 Å². The van der Waals surface area contributed by atoms with Crippen LogP contribution in [0.15, 0.2) is 30.3 Å². The van der Waals surface area contributed by atoms with Crippen LogP contribution in [0.1, 0.15) is 5.56 Å². The number of carbonyl (C=O) groups is 1. The van der Waals surface area contributed by atoms with Crippen molar-refractivity contribution in [3.63, 3.8) is 0 Å². The summed E-state index contributed by atoms with van der Waals surface area (Å²) in [6.07, 6.45) is 3.45. The topological polar surface area (TPSA) is 32.8 Å². The van der Waals surface area contributed by atoms with Gasteiger partial charge < -0.3 is 14.5 Å². The molecule has 1 saturated heterocycles. The smallest absolute Gasteiger partial charge is 0.246 e. The number of methoxy groups -OCH3 is 1. The number of carbonyl (C=O) groups excluding carboxylic acids is 1. The van der Waals surface area contributed by atoms with E-state index < -0.39 is 0 Å². The van der Waals surface area contributed by atoms with Gasteiger partial charge in [0.25, 0.3) is 0 Å². The highest BCUT2D eigenvalue weighted by Gasteiger charge is 2.16. The Morgan fingerprint density at radius 1 is 1.21 bits per heavy atom. The minimum Gasteiger partial charge on any atom is -0.496 e. The number of likely N-dealkylation sites (N-methyl/N-ethyl adjacent to an activating group) is 1. The van der Waals surface area contributed by atoms with Crippen molar-refractivity contribution in [3.8, 4) is 5.75 Å². The average molecular weight is 260 g/mol. The zero-order chi connectivity index (χ0) is 13.7. The van der Waals surface area contributed by atoms with E-state index in [2.05, 4.69) is 11.9 Å². The number of ether oxygens (including phenoxy) is 1. The Morgan fingerprint density at radius 2 is 1.89 bits per heavy atom. The molecule has 0 atom stereocenters. The maximum Gasteiger partial charge on any atom is 0.246 e. The average Bonchev–Trinajstić information content (AvgIpc) is 2.45. The van der Waals surface area contributed by atoms with Gasteiger partial charge in [-0.15, -0.1) is 0 Å². The molecule has 0 saturated carbocycles. The second-order valence-electron chi connectivity index (χ2n) is 4.70. The fourth-order valence-electron chi connectivity index (χ4n) is 2.10. The predicted octanol–water partition coefficient (Wildman–Crippen LogP) is 1.48. The summed E-state index contributed by atoms with van der Waals surface area (Å²) in [4.78, 5) is 16.2. The third-order valence-corrected chi connectivity index (χ3v) is 3.36. The fourth-order valence-corrected chi connectivity index (χ4v) is 2.10. The molecule has 1 fully saturated rings. The molecule has 1 aliphatic rings. The van der Waals surface area contributed by atoms with Crippen molar-refractivity contribution in [2.24, 2.45) is 0 Å². The molecule has 102 valence electrons. The number of nitrogens with zero attached hydrogens (tertiary/aromatic N) is 2. The number of hydrogen-bond acceptors (Lipinski definition) is 3. The van der Waals surface area contributed by atoms with Gasteiger partial charge in [0.2, 0.25) is 5.91 Å². The SMILES string of the molecule is COc1ccccc1C=CC(=O)N1CCN(C)CC1. The molecule has 0 aromatic heterocycles. The van der Waals surface area contributed by atoms with Gasteiger partial charge in [0.05, 0.1) is 7.11 Å². The quantitative estimate of drug-likeness (QED) is 0.772. The van der Waals surface area contributed by atoms with Gasteiger partial charge in [-0.05, 0) is 19.2 Å². The van der Waals surface area contributed by atoms with E-state index >= 15 is 0 Å². The lowest BCUT2D eigenvalue weighted by Gasteiger charge is -2.31. The largest absolute Gasteiger partial charge is 0.496 e. The molecule has 1 aromatic carbocycles. The van der Waals surface area contributed by atoms with Gasteiger partial charge in [-0.2, -0.15) is 0 Å². The highest BCUT2D eigenvalue weighted by Crippen LogP contribution is 2.18. The van der Waals surface area contributed by atoms with Crippen LogP contribution in [0.3, 0.4) is 0 Å². The van der Waals surface area contributed by atoms with Crippen LogP contribution in [-0.2, 0) is 4.79 Å². The molecule has 4 nitrogen and oxygen atoms in total. The lowest BCUT2D eigenvalue weighted by molar-refractivity contribution is -0.127. The van der Waals surface area contributed by atoms with E-state index in [1.54, 1.807) is 13.2 Å². The number of rotatable bonds is 3. The number of piperazine rings is 1. The molecule has 1 aliphatic heterocycles. The van der Waals surface area contributed by atoms with E-state index in [1.807, 2.05) is 35.2 Å². The van der Waals surface area contributed by atoms with Gasteiger partial charge in [-0.3, -0.25) is 4.79 Å². The van der Waals surface area contributed by atoms with Crippen LogP contribution in [-0.4, -0.2) is 56.0 Å². The summed E-state index contributed by atoms with van der Waals surface area (Å²) in [6, 6.07) is 7.67. The molecule has 19 heavy (non-hydrogen) atoms. The van der Waals surface area contributed by atoms with Crippen LogP contribution < -0.4 is 4.74 Å². The molecular weight excluding hydrogens is 240 g/mol. The summed E-state index contributed by atoms with van der Waals surface area (Å²) >= 11 is 0. The summed E-state index contributed by atoms with van der Waals surface area (Å²) < 4.78 is 5.25. The Morgan fingerprint density at radius 3 is 2.58 bits per heavy atom. The first-order valence-corrected chi connectivity index (χ1v) is 6.49. The first kappa shape index (κ1) is 13.6. The first-order valence-electron chi connectivity index (χ1n) is 6.49. The van der Waals surface area contributed by atoms with Crippen molar-refractivity contribution >= 4 is 12.0 Å². The van der Waals surface area contributed by atoms with Gasteiger partial charge >= 0.3 is 0 Å². The standard InChI is InChI=1S/C15H20N2O2/c1-16-9-11-17(12-10-16)15(18)8-7-13-5-3-4-6-14(13)19-2/h3-8H,9-12H2,1-2H3. The van der Waals surface area contributed by atoms with E-state index in [0.29, 0.717) is 0 Å². The number of benzene rings is 1. The molecular formula is C15H20N2O2. The maximum atomic E-state index is 12.1. The Balaban J connectivity index is 2.00. The molecule has 0 N–H and O–H groups in total. The van der Waals surface area contributed by atoms with Crippen molar-refractivity contribution < 1.29 is 9.53 Å². The van der Waals surface area contributed by atoms with Crippen LogP contribution in [0.4, 0.5) is 0 Å². The zero-order valence-corrected chi connectivity index (χ0v) is 11.5. The molecule has 2 rings (SSSR count). The molecule has 1 heterocycles. The molecule has 0 unspecified atom stereocenters. The highest BCUT2D eigenvalue weighted by molar-refractivity contribution is 5.92. The van der Waals surface area contributed by atoms with Gasteiger partial charge in [-0.25, -0.2) is 0 Å². The molecule has 0 spiro atoms. The number of hydrogen-bond donors (Lipinski definition) is 0. The zero-order valence-electron chi connectivity index (χ0n) is 11.5. The molecule has 4 heteroatoms. The van der Waals surface area contributed by atoms with Crippen LogP contribution in [0, 0.1) is 0 Å². The second kappa shape index (κ2) is 6.38. The predicted molar refractivity (Wildman–Crippen MR) is 76.1 cm³/mol. The van der Waals surface area contributed by atoms with Crippen molar-refractivity contribution in [1.29, 1.82) is 0 Å². The summed E-state index contributed by atoms with van der Waals surface area (Å²) in [5.41, 5.74) is 0.924. The van der Waals surface area contributed by atoms with Crippen molar-refractivity contribution in [2.75, 3.05) is 40.3 Å². The van der Waals surface area contributed by atoms with E-state index in [-0.39, 0.29) is 5.91 Å². The molecule has 1 amide bonds. The monoisotopic (exact) mass is 260 g/mol. The summed E-state index contributed by atoms with van der Waals surface area (Å²) in [5, 5.41) is 0. The summed E-state index contributed by atoms with van der Waals surface area (Å²) in [7, 11) is 3.71. The highest BCUT2D eigenvalue weighted by atomic mass is 16.5. The van der Waals surface area contributed by atoms with Gasteiger partial charge in [0.15, 0.2) is 0 Å². The Bertz CT molecular complexity index is 463. The van der Waals surface area contributed by atoms with Gasteiger partial charge in [0, 0.05) is 37.8 Å². The van der Waals surface area contributed by atoms with Crippen molar-refractivity contribution in [3.05, 3.63) is 35.9 Å². The molecule has 0 aliphatic carbocycles. The maximum absolute atomic E-state index is 12.1. The third kappa shape index (κ3) is 3.58. The van der Waals surface area contributed by atoms with E-state index in [1.165, 1.54) is 0 Å². The Hall–Kier alpha value is -1.81. The normalized spacial score (nSPS) is 16.8. The molecule has 0 bridgehead atoms. The van der Waals surface area contributed by atoms with Gasteiger partial charge in [0.1, 0.15) is 5.75 Å². The van der Waals surface area contributed by atoms with Crippen LogP contribution in [0.2, 0.25) is 0 Å². The van der Waals surface area contributed by atoms with E-state index in [4.69, 9.17) is 4.74 Å². The summed E-state index contributed by atoms with van der Waals surface area (Å²) in [5.74, 6) is 0.851. The van der Waals surface area contributed by atoms with Crippen LogP contribution in [0.25, 0.3) is 6.08 Å². The second-order valence-corrected chi connectivity index (χ2v) is 4.70. The molecule has 1 aromatic rings. The minimum atomic E-state index is 0.0685. The first-order chi connectivity index (χ1) is 9.20. The number of amides is 1. The van der Waals surface area contributed by atoms with Crippen LogP contribution >= 0.6 is 0 Å². The Labute approximate surface area is 114 Å². The van der Waals surface area contributed by atoms with Gasteiger partial charge in [-0.1, -0.05) is 18.2 Å². The van der Waals surface area contributed by atoms with Crippen molar-refractivity contribution in [1.82, 2.24) is 9.80 Å². The van der Waals surface area contributed by atoms with Crippen LogP contribution in [0.5, 0.6) is 5.75 Å². The minimum absolute atomic E-state index is 0.0685. The van der Waals surface area contributed by atoms with E-state index in [0.717, 1.165) is 37.5 Å². The third-order valence-electron chi connectivity index (χ3n) is 3.36. The molecule has 0 radical (unpaired) electrons. The number of para-hydroxylation sites is 1. The lowest BCUT2D eigenvalue weighted by Crippen LogP contribution is -2.46. The lowest BCUT2D eigenvalue weighted by atomic mass is 10.2.